The van der Waals surface area contributed by atoms with Gasteiger partial charge in [0.05, 0.1) is 12.5 Å². The van der Waals surface area contributed by atoms with Gasteiger partial charge in [-0.2, -0.15) is 0 Å². The van der Waals surface area contributed by atoms with E-state index in [1.165, 1.54) is 25.5 Å². The topological polar surface area (TPSA) is 62.8 Å². The zero-order chi connectivity index (χ0) is 9.42. The minimum atomic E-state index is -0.0216. The van der Waals surface area contributed by atoms with Crippen LogP contribution in [0.4, 0.5) is 0 Å². The zero-order valence-corrected chi connectivity index (χ0v) is 6.94. The van der Waals surface area contributed by atoms with E-state index < -0.39 is 0 Å². The van der Waals surface area contributed by atoms with Crippen molar-refractivity contribution in [1.29, 1.82) is 0 Å². The van der Waals surface area contributed by atoms with Gasteiger partial charge in [-0.25, -0.2) is 0 Å². The maximum absolute atomic E-state index is 9.37. The third-order valence-electron chi connectivity index (χ3n) is 1.85. The summed E-state index contributed by atoms with van der Waals surface area (Å²) in [5, 5.41) is 19.1. The maximum Gasteiger partial charge on any atom is 0.164 e. The number of phenolic OH excluding ortho intramolecular Hbond substituents is 1. The molecule has 68 valence electrons. The van der Waals surface area contributed by atoms with Crippen LogP contribution in [0.1, 0.15) is 0 Å². The Morgan fingerprint density at radius 3 is 2.69 bits per heavy atom. The monoisotopic (exact) mass is 180 g/mol. The Kier molecular flexibility index (Phi) is 1.55. The molecule has 13 heavy (non-hydrogen) atoms. The van der Waals surface area contributed by atoms with Gasteiger partial charge in [-0.05, 0) is 6.07 Å². The molecule has 2 rings (SSSR count). The van der Waals surface area contributed by atoms with Gasteiger partial charge in [-0.3, -0.25) is 0 Å². The van der Waals surface area contributed by atoms with Crippen LogP contribution in [0.25, 0.3) is 11.0 Å². The molecule has 2 N–H and O–H groups in total. The van der Waals surface area contributed by atoms with E-state index in [9.17, 15) is 10.2 Å². The quantitative estimate of drug-likeness (QED) is 0.703. The van der Waals surface area contributed by atoms with Gasteiger partial charge in [0.1, 0.15) is 11.8 Å². The van der Waals surface area contributed by atoms with E-state index >= 15 is 0 Å². The van der Waals surface area contributed by atoms with Crippen molar-refractivity contribution in [2.45, 2.75) is 0 Å². The average molecular weight is 180 g/mol. The van der Waals surface area contributed by atoms with E-state index in [4.69, 9.17) is 9.15 Å². The predicted molar refractivity (Wildman–Crippen MR) is 46.1 cm³/mol. The number of methoxy groups -OCH3 is 1. The zero-order valence-electron chi connectivity index (χ0n) is 6.94. The van der Waals surface area contributed by atoms with Gasteiger partial charge in [0.2, 0.25) is 0 Å². The number of hydrogen-bond donors (Lipinski definition) is 2. The summed E-state index contributed by atoms with van der Waals surface area (Å²) in [6, 6.07) is 2.91. The van der Waals surface area contributed by atoms with Crippen molar-refractivity contribution in [1.82, 2.24) is 0 Å². The summed E-state index contributed by atoms with van der Waals surface area (Å²) in [7, 11) is 1.45. The lowest BCUT2D eigenvalue weighted by atomic mass is 10.2. The van der Waals surface area contributed by atoms with Gasteiger partial charge in [-0.1, -0.05) is 0 Å². The minimum absolute atomic E-state index is 0.00736. The second-order valence-corrected chi connectivity index (χ2v) is 2.64. The minimum Gasteiger partial charge on any atom is -0.504 e. The molecule has 0 amide bonds. The summed E-state index contributed by atoms with van der Waals surface area (Å²) < 4.78 is 9.88. The normalized spacial score (nSPS) is 10.5. The van der Waals surface area contributed by atoms with Crippen LogP contribution in [0, 0.1) is 0 Å². The summed E-state index contributed by atoms with van der Waals surface area (Å²) >= 11 is 0. The molecule has 4 heteroatoms. The second-order valence-electron chi connectivity index (χ2n) is 2.64. The van der Waals surface area contributed by atoms with E-state index in [1.54, 1.807) is 0 Å². The van der Waals surface area contributed by atoms with Crippen molar-refractivity contribution in [3.63, 3.8) is 0 Å². The van der Waals surface area contributed by atoms with Gasteiger partial charge in [0.15, 0.2) is 17.2 Å². The van der Waals surface area contributed by atoms with Crippen molar-refractivity contribution in [2.75, 3.05) is 7.11 Å². The first-order valence-corrected chi connectivity index (χ1v) is 3.69. The third kappa shape index (κ3) is 1.07. The fourth-order valence-corrected chi connectivity index (χ4v) is 1.19. The molecular formula is C9H8O4. The van der Waals surface area contributed by atoms with Crippen LogP contribution in [0.15, 0.2) is 22.8 Å². The number of rotatable bonds is 1. The molecule has 0 aliphatic heterocycles. The SMILES string of the molecule is COc1cc2occ(O)c2cc1O. The molecule has 0 radical (unpaired) electrons. The van der Waals surface area contributed by atoms with Crippen LogP contribution in [-0.4, -0.2) is 17.3 Å². The Morgan fingerprint density at radius 1 is 1.23 bits per heavy atom. The Balaban J connectivity index is 2.76. The highest BCUT2D eigenvalue weighted by atomic mass is 16.5. The average Bonchev–Trinajstić information content (AvgIpc) is 2.47. The van der Waals surface area contributed by atoms with Crippen LogP contribution < -0.4 is 4.74 Å². The summed E-state index contributed by atoms with van der Waals surface area (Å²) in [6.07, 6.45) is 1.21. The lowest BCUT2D eigenvalue weighted by Crippen LogP contribution is -1.82. The van der Waals surface area contributed by atoms with Crippen LogP contribution in [0.3, 0.4) is 0 Å². The van der Waals surface area contributed by atoms with Crippen LogP contribution >= 0.6 is 0 Å². The van der Waals surface area contributed by atoms with Crippen molar-refractivity contribution in [3.05, 3.63) is 18.4 Å². The summed E-state index contributed by atoms with van der Waals surface area (Å²) in [6.45, 7) is 0. The van der Waals surface area contributed by atoms with E-state index in [0.717, 1.165) is 0 Å². The van der Waals surface area contributed by atoms with Gasteiger partial charge in [0, 0.05) is 6.07 Å². The van der Waals surface area contributed by atoms with E-state index in [1.807, 2.05) is 0 Å². The smallest absolute Gasteiger partial charge is 0.164 e. The molecule has 0 aliphatic carbocycles. The summed E-state index contributed by atoms with van der Waals surface area (Å²) in [5.74, 6) is 0.307. The van der Waals surface area contributed by atoms with Crippen LogP contribution in [0.2, 0.25) is 0 Å². The number of phenols is 1. The highest BCUT2D eigenvalue weighted by Gasteiger charge is 2.09. The van der Waals surface area contributed by atoms with Gasteiger partial charge in [-0.15, -0.1) is 0 Å². The number of hydrogen-bond acceptors (Lipinski definition) is 4. The molecule has 1 aromatic heterocycles. The molecular weight excluding hydrogens is 172 g/mol. The molecule has 0 spiro atoms. The fraction of sp³-hybridized carbons (Fsp3) is 0.111. The van der Waals surface area contributed by atoms with Gasteiger partial charge in [0.25, 0.3) is 0 Å². The number of furan rings is 1. The molecule has 0 atom stereocenters. The van der Waals surface area contributed by atoms with Crippen LogP contribution in [0.5, 0.6) is 17.2 Å². The number of aromatic hydroxyl groups is 2. The highest BCUT2D eigenvalue weighted by Crippen LogP contribution is 2.36. The third-order valence-corrected chi connectivity index (χ3v) is 1.85. The lowest BCUT2D eigenvalue weighted by molar-refractivity contribution is 0.373. The first kappa shape index (κ1) is 7.79. The molecule has 0 bridgehead atoms. The Morgan fingerprint density at radius 2 is 2.00 bits per heavy atom. The van der Waals surface area contributed by atoms with Gasteiger partial charge < -0.3 is 19.4 Å². The standard InChI is InChI=1S/C9H8O4/c1-12-9-3-8-5(2-6(9)10)7(11)4-13-8/h2-4,10-11H,1H3. The summed E-state index contributed by atoms with van der Waals surface area (Å²) in [5.41, 5.74) is 0.479. The van der Waals surface area contributed by atoms with E-state index in [2.05, 4.69) is 0 Å². The van der Waals surface area contributed by atoms with Crippen molar-refractivity contribution < 1.29 is 19.4 Å². The Hall–Kier alpha value is -1.84. The molecule has 1 heterocycles. The van der Waals surface area contributed by atoms with E-state index in [-0.39, 0.29) is 11.5 Å². The number of benzene rings is 1. The second kappa shape index (κ2) is 2.58. The maximum atomic E-state index is 9.37. The molecule has 4 nitrogen and oxygen atoms in total. The number of ether oxygens (including phenoxy) is 1. The predicted octanol–water partition coefficient (Wildman–Crippen LogP) is 1.85. The fourth-order valence-electron chi connectivity index (χ4n) is 1.19. The Bertz CT molecular complexity index is 444. The molecule has 0 unspecified atom stereocenters. The van der Waals surface area contributed by atoms with Crippen molar-refractivity contribution in [3.8, 4) is 17.2 Å². The molecule has 0 fully saturated rings. The molecule has 2 aromatic rings. The highest BCUT2D eigenvalue weighted by molar-refractivity contribution is 5.86. The summed E-state index contributed by atoms with van der Waals surface area (Å²) in [4.78, 5) is 0. The molecule has 0 aliphatic rings. The van der Waals surface area contributed by atoms with Crippen molar-refractivity contribution >= 4 is 11.0 Å². The van der Waals surface area contributed by atoms with Gasteiger partial charge >= 0.3 is 0 Å². The first-order valence-electron chi connectivity index (χ1n) is 3.69. The molecule has 0 saturated heterocycles. The Labute approximate surface area is 74.0 Å². The van der Waals surface area contributed by atoms with Crippen LogP contribution in [-0.2, 0) is 0 Å². The largest absolute Gasteiger partial charge is 0.504 e. The molecule has 1 aromatic carbocycles. The van der Waals surface area contributed by atoms with Crippen molar-refractivity contribution in [2.24, 2.45) is 0 Å². The lowest BCUT2D eigenvalue weighted by Gasteiger charge is -2.01. The van der Waals surface area contributed by atoms with E-state index in [0.29, 0.717) is 16.7 Å². The number of fused-ring (bicyclic) bond motifs is 1. The first-order chi connectivity index (χ1) is 6.22. The molecule has 0 saturated carbocycles.